The fourth-order valence-corrected chi connectivity index (χ4v) is 1.77. The lowest BCUT2D eigenvalue weighted by molar-refractivity contribution is 0.606. The molecule has 17 heavy (non-hydrogen) atoms. The van der Waals surface area contributed by atoms with Crippen LogP contribution in [0.15, 0.2) is 22.6 Å². The van der Waals surface area contributed by atoms with Crippen LogP contribution in [-0.4, -0.2) is 11.5 Å². The van der Waals surface area contributed by atoms with Crippen molar-refractivity contribution in [2.45, 2.75) is 32.6 Å². The first-order valence-corrected chi connectivity index (χ1v) is 6.19. The molecule has 0 aliphatic carbocycles. The summed E-state index contributed by atoms with van der Waals surface area (Å²) in [6.07, 6.45) is 4.93. The van der Waals surface area contributed by atoms with Gasteiger partial charge in [0.05, 0.1) is 0 Å². The summed E-state index contributed by atoms with van der Waals surface area (Å²) in [5.41, 5.74) is 7.97. The number of nitrogens with one attached hydrogen (secondary N) is 1. The second kappa shape index (κ2) is 5.57. The van der Waals surface area contributed by atoms with Crippen LogP contribution in [0.1, 0.15) is 32.6 Å². The molecule has 1 aromatic heterocycles. The number of rotatable bonds is 6. The Bertz CT molecular complexity index is 478. The van der Waals surface area contributed by atoms with Crippen LogP contribution in [0, 0.1) is 0 Å². The summed E-state index contributed by atoms with van der Waals surface area (Å²) >= 11 is 0. The van der Waals surface area contributed by atoms with E-state index in [1.807, 2.05) is 18.2 Å². The van der Waals surface area contributed by atoms with E-state index in [2.05, 4.69) is 17.2 Å². The average Bonchev–Trinajstić information content (AvgIpc) is 2.70. The summed E-state index contributed by atoms with van der Waals surface area (Å²) in [7, 11) is 0. The molecule has 3 N–H and O–H groups in total. The number of nitrogens with two attached hydrogens (primary N) is 1. The van der Waals surface area contributed by atoms with Gasteiger partial charge >= 0.3 is 0 Å². The van der Waals surface area contributed by atoms with Crippen molar-refractivity contribution in [3.05, 3.63) is 18.2 Å². The molecule has 4 heteroatoms. The number of nitrogen functional groups attached to an aromatic ring is 1. The molecule has 0 saturated heterocycles. The first kappa shape index (κ1) is 11.8. The smallest absolute Gasteiger partial charge is 0.295 e. The Balaban J connectivity index is 1.91. The average molecular weight is 233 g/mol. The Morgan fingerprint density at radius 2 is 2.18 bits per heavy atom. The first-order chi connectivity index (χ1) is 8.29. The fourth-order valence-electron chi connectivity index (χ4n) is 1.77. The lowest BCUT2D eigenvalue weighted by Crippen LogP contribution is -2.01. The van der Waals surface area contributed by atoms with Crippen LogP contribution < -0.4 is 11.1 Å². The second-order valence-corrected chi connectivity index (χ2v) is 4.23. The summed E-state index contributed by atoms with van der Waals surface area (Å²) in [5, 5.41) is 3.19. The molecule has 92 valence electrons. The van der Waals surface area contributed by atoms with Gasteiger partial charge in [-0.25, -0.2) is 0 Å². The highest BCUT2D eigenvalue weighted by atomic mass is 16.4. The largest absolute Gasteiger partial charge is 0.424 e. The molecular weight excluding hydrogens is 214 g/mol. The molecule has 0 atom stereocenters. The first-order valence-electron chi connectivity index (χ1n) is 6.19. The van der Waals surface area contributed by atoms with Gasteiger partial charge < -0.3 is 15.5 Å². The molecule has 4 nitrogen and oxygen atoms in total. The van der Waals surface area contributed by atoms with Gasteiger partial charge in [-0.2, -0.15) is 4.98 Å². The van der Waals surface area contributed by atoms with Gasteiger partial charge in [0.25, 0.3) is 6.01 Å². The van der Waals surface area contributed by atoms with Gasteiger partial charge in [0.1, 0.15) is 5.52 Å². The Morgan fingerprint density at radius 3 is 3.00 bits per heavy atom. The fraction of sp³-hybridized carbons (Fsp3) is 0.462. The topological polar surface area (TPSA) is 64.1 Å². The van der Waals surface area contributed by atoms with E-state index in [9.17, 15) is 0 Å². The van der Waals surface area contributed by atoms with Crippen molar-refractivity contribution in [2.75, 3.05) is 17.6 Å². The number of anilines is 2. The minimum absolute atomic E-state index is 0.585. The maximum atomic E-state index is 5.69. The minimum atomic E-state index is 0.585. The minimum Gasteiger partial charge on any atom is -0.424 e. The third kappa shape index (κ3) is 3.12. The monoisotopic (exact) mass is 233 g/mol. The van der Waals surface area contributed by atoms with E-state index in [1.54, 1.807) is 0 Å². The lowest BCUT2D eigenvalue weighted by atomic mass is 10.2. The van der Waals surface area contributed by atoms with Crippen LogP contribution in [0.4, 0.5) is 11.7 Å². The molecule has 2 rings (SSSR count). The summed E-state index contributed by atoms with van der Waals surface area (Å²) in [6, 6.07) is 6.07. The summed E-state index contributed by atoms with van der Waals surface area (Å²) in [5.74, 6) is 0. The summed E-state index contributed by atoms with van der Waals surface area (Å²) < 4.78 is 5.55. The predicted molar refractivity (Wildman–Crippen MR) is 71.1 cm³/mol. The normalized spacial score (nSPS) is 10.9. The molecule has 0 unspecified atom stereocenters. The summed E-state index contributed by atoms with van der Waals surface area (Å²) in [6.45, 7) is 3.11. The standard InChI is InChI=1S/C13H19N3O/c1-2-3-4-5-8-15-13-16-11-9-10(14)6-7-12(11)17-13/h6-7,9H,2-5,8,14H2,1H3,(H,15,16). The Labute approximate surface area is 101 Å². The third-order valence-corrected chi connectivity index (χ3v) is 2.72. The zero-order chi connectivity index (χ0) is 12.1. The van der Waals surface area contributed by atoms with Crippen molar-refractivity contribution >= 4 is 22.8 Å². The maximum absolute atomic E-state index is 5.69. The van der Waals surface area contributed by atoms with Gasteiger partial charge in [-0.15, -0.1) is 0 Å². The van der Waals surface area contributed by atoms with Gasteiger partial charge in [-0.1, -0.05) is 26.2 Å². The third-order valence-electron chi connectivity index (χ3n) is 2.72. The number of benzene rings is 1. The molecule has 2 aromatic rings. The highest BCUT2D eigenvalue weighted by Crippen LogP contribution is 2.20. The Hall–Kier alpha value is -1.71. The Kier molecular flexibility index (Phi) is 3.85. The van der Waals surface area contributed by atoms with Crippen LogP contribution in [0.5, 0.6) is 0 Å². The van der Waals surface area contributed by atoms with E-state index >= 15 is 0 Å². The van der Waals surface area contributed by atoms with Crippen LogP contribution in [0.25, 0.3) is 11.1 Å². The van der Waals surface area contributed by atoms with E-state index in [4.69, 9.17) is 10.2 Å². The number of hydrogen-bond acceptors (Lipinski definition) is 4. The van der Waals surface area contributed by atoms with Crippen LogP contribution in [0.3, 0.4) is 0 Å². The van der Waals surface area contributed by atoms with Gasteiger partial charge in [-0.05, 0) is 24.6 Å². The van der Waals surface area contributed by atoms with Crippen LogP contribution >= 0.6 is 0 Å². The van der Waals surface area contributed by atoms with E-state index in [0.29, 0.717) is 11.7 Å². The second-order valence-electron chi connectivity index (χ2n) is 4.23. The molecule has 0 aliphatic rings. The van der Waals surface area contributed by atoms with Gasteiger partial charge in [-0.3, -0.25) is 0 Å². The van der Waals surface area contributed by atoms with E-state index in [-0.39, 0.29) is 0 Å². The van der Waals surface area contributed by atoms with Gasteiger partial charge in [0, 0.05) is 12.2 Å². The number of oxazole rings is 1. The molecular formula is C13H19N3O. The van der Waals surface area contributed by atoms with Crippen molar-refractivity contribution in [3.8, 4) is 0 Å². The lowest BCUT2D eigenvalue weighted by Gasteiger charge is -2.00. The van der Waals surface area contributed by atoms with Crippen molar-refractivity contribution in [2.24, 2.45) is 0 Å². The molecule has 1 heterocycles. The quantitative estimate of drug-likeness (QED) is 0.593. The van der Waals surface area contributed by atoms with Gasteiger partial charge in [0.15, 0.2) is 5.58 Å². The molecule has 0 aliphatic heterocycles. The number of nitrogens with zero attached hydrogens (tertiary/aromatic N) is 1. The highest BCUT2D eigenvalue weighted by molar-refractivity contribution is 5.78. The molecule has 1 aromatic carbocycles. The molecule has 0 radical (unpaired) electrons. The number of fused-ring (bicyclic) bond motifs is 1. The number of hydrogen-bond donors (Lipinski definition) is 2. The highest BCUT2D eigenvalue weighted by Gasteiger charge is 2.04. The van der Waals surface area contributed by atoms with Crippen molar-refractivity contribution in [3.63, 3.8) is 0 Å². The molecule has 0 bridgehead atoms. The van der Waals surface area contributed by atoms with Crippen LogP contribution in [0.2, 0.25) is 0 Å². The summed E-state index contributed by atoms with van der Waals surface area (Å²) in [4.78, 5) is 4.33. The molecule has 0 amide bonds. The predicted octanol–water partition coefficient (Wildman–Crippen LogP) is 3.40. The maximum Gasteiger partial charge on any atom is 0.295 e. The number of aromatic nitrogens is 1. The number of unbranched alkanes of at least 4 members (excludes halogenated alkanes) is 3. The molecule has 0 fully saturated rings. The zero-order valence-corrected chi connectivity index (χ0v) is 10.2. The van der Waals surface area contributed by atoms with E-state index in [1.165, 1.54) is 19.3 Å². The van der Waals surface area contributed by atoms with Crippen molar-refractivity contribution in [1.29, 1.82) is 0 Å². The van der Waals surface area contributed by atoms with Crippen LogP contribution in [-0.2, 0) is 0 Å². The van der Waals surface area contributed by atoms with Crippen molar-refractivity contribution < 1.29 is 4.42 Å². The zero-order valence-electron chi connectivity index (χ0n) is 10.2. The Morgan fingerprint density at radius 1 is 1.29 bits per heavy atom. The van der Waals surface area contributed by atoms with Crippen molar-refractivity contribution in [1.82, 2.24) is 4.98 Å². The van der Waals surface area contributed by atoms with E-state index in [0.717, 1.165) is 24.1 Å². The van der Waals surface area contributed by atoms with Gasteiger partial charge in [0.2, 0.25) is 0 Å². The molecule has 0 saturated carbocycles. The SMILES string of the molecule is CCCCCCNc1nc2cc(N)ccc2o1. The molecule has 0 spiro atoms. The van der Waals surface area contributed by atoms with E-state index < -0.39 is 0 Å².